The summed E-state index contributed by atoms with van der Waals surface area (Å²) in [6, 6.07) is 0. The van der Waals surface area contributed by atoms with Gasteiger partial charge in [-0.15, -0.1) is 0 Å². The summed E-state index contributed by atoms with van der Waals surface area (Å²) in [5, 5.41) is 7.10. The Morgan fingerprint density at radius 1 is 1.38 bits per heavy atom. The van der Waals surface area contributed by atoms with Gasteiger partial charge in [-0.2, -0.15) is 18.4 Å². The number of hydrogen-bond acceptors (Lipinski definition) is 5. The first-order valence-electron chi connectivity index (χ1n) is 2.66. The van der Waals surface area contributed by atoms with Crippen LogP contribution in [0.25, 0.3) is 0 Å². The largest absolute Gasteiger partial charge is 0.494 e. The van der Waals surface area contributed by atoms with Gasteiger partial charge in [0.1, 0.15) is 0 Å². The molecule has 0 aromatic rings. The Balaban J connectivity index is 0. The second-order valence-electron chi connectivity index (χ2n) is 1.55. The average molecular weight is 204 g/mol. The predicted molar refractivity (Wildman–Crippen MR) is 33.0 cm³/mol. The van der Waals surface area contributed by atoms with Crippen LogP contribution >= 0.6 is 0 Å². The molecule has 0 saturated carbocycles. The van der Waals surface area contributed by atoms with Gasteiger partial charge in [-0.25, -0.2) is 4.79 Å². The van der Waals surface area contributed by atoms with Crippen molar-refractivity contribution in [3.63, 3.8) is 0 Å². The minimum atomic E-state index is -5.10. The molecule has 5 N–H and O–H groups in total. The highest BCUT2D eigenvalue weighted by atomic mass is 19.4. The second kappa shape index (κ2) is 6.20. The molecule has 0 atom stereocenters. The fourth-order valence-corrected chi connectivity index (χ4v) is 0.0518. The van der Waals surface area contributed by atoms with Gasteiger partial charge in [0.05, 0.1) is 6.54 Å². The molecule has 0 unspecified atom stereocenters. The number of carbonyl (C=O) groups excluding carboxylic acids is 2. The van der Waals surface area contributed by atoms with Gasteiger partial charge in [-0.05, 0) is 0 Å². The number of halogens is 3. The molecule has 9 heteroatoms. The summed E-state index contributed by atoms with van der Waals surface area (Å²) in [5.74, 6) is -3.08. The number of alkyl halides is 3. The third kappa shape index (κ3) is 10.7. The normalized spacial score (nSPS) is 9.62. The van der Waals surface area contributed by atoms with E-state index in [-0.39, 0.29) is 6.54 Å². The number of primary amides is 1. The number of nitrogens with two attached hydrogens (primary N) is 2. The van der Waals surface area contributed by atoms with Crippen molar-refractivity contribution in [1.82, 2.24) is 0 Å². The maximum atomic E-state index is 10.8. The zero-order valence-corrected chi connectivity index (χ0v) is 6.17. The van der Waals surface area contributed by atoms with Gasteiger partial charge in [0.25, 0.3) is 0 Å². The van der Waals surface area contributed by atoms with Crippen molar-refractivity contribution in [2.45, 2.75) is 6.18 Å². The molecule has 0 bridgehead atoms. The summed E-state index contributed by atoms with van der Waals surface area (Å²) in [6.45, 7) is -0.0556. The van der Waals surface area contributed by atoms with Gasteiger partial charge in [0, 0.05) is 0 Å². The van der Waals surface area contributed by atoms with E-state index in [1.165, 1.54) is 0 Å². The number of rotatable bonds is 1. The van der Waals surface area contributed by atoms with Crippen molar-refractivity contribution in [2.24, 2.45) is 11.5 Å². The van der Waals surface area contributed by atoms with Crippen molar-refractivity contribution in [1.29, 1.82) is 0 Å². The number of amides is 1. The van der Waals surface area contributed by atoms with E-state index in [1.54, 1.807) is 0 Å². The highest BCUT2D eigenvalue weighted by Crippen LogP contribution is 2.15. The van der Waals surface area contributed by atoms with Gasteiger partial charge in [-0.1, -0.05) is 0 Å². The highest BCUT2D eigenvalue weighted by Gasteiger charge is 2.41. The van der Waals surface area contributed by atoms with Crippen LogP contribution in [0.2, 0.25) is 0 Å². The van der Waals surface area contributed by atoms with Crippen LogP contribution in [0.1, 0.15) is 0 Å². The molecule has 0 spiro atoms. The zero-order chi connectivity index (χ0) is 11.1. The zero-order valence-electron chi connectivity index (χ0n) is 6.17. The van der Waals surface area contributed by atoms with Crippen LogP contribution in [0.15, 0.2) is 0 Å². The van der Waals surface area contributed by atoms with E-state index in [0.29, 0.717) is 0 Å². The van der Waals surface area contributed by atoms with Crippen molar-refractivity contribution < 1.29 is 32.9 Å². The smallest absolute Gasteiger partial charge is 0.369 e. The van der Waals surface area contributed by atoms with Crippen molar-refractivity contribution in [3.05, 3.63) is 0 Å². The molecule has 0 radical (unpaired) electrons. The van der Waals surface area contributed by atoms with E-state index < -0.39 is 18.1 Å². The lowest BCUT2D eigenvalue weighted by atomic mass is 10.7. The molecule has 6 nitrogen and oxygen atoms in total. The van der Waals surface area contributed by atoms with E-state index >= 15 is 0 Å². The second-order valence-corrected chi connectivity index (χ2v) is 1.55. The van der Waals surface area contributed by atoms with Crippen molar-refractivity contribution >= 4 is 11.9 Å². The maximum Gasteiger partial charge on any atom is 0.494 e. The summed E-state index contributed by atoms with van der Waals surface area (Å²) < 4.78 is 32.4. The van der Waals surface area contributed by atoms with E-state index in [0.717, 1.165) is 0 Å². The summed E-state index contributed by atoms with van der Waals surface area (Å²) in [7, 11) is 0. The van der Waals surface area contributed by atoms with Gasteiger partial charge in [-0.3, -0.25) is 9.68 Å². The maximum absolute atomic E-state index is 10.8. The average Bonchev–Trinajstić information content (AvgIpc) is 2.02. The number of carbonyl (C=O) groups is 2. The monoisotopic (exact) mass is 204 g/mol. The quantitative estimate of drug-likeness (QED) is 0.374. The Labute approximate surface area is 70.2 Å². The predicted octanol–water partition coefficient (Wildman–Crippen LogP) is -1.00. The molecule has 0 aliphatic heterocycles. The van der Waals surface area contributed by atoms with Crippen LogP contribution in [0.4, 0.5) is 13.2 Å². The lowest BCUT2D eigenvalue weighted by Gasteiger charge is -1.97. The molecular weight excluding hydrogens is 197 g/mol. The van der Waals surface area contributed by atoms with E-state index in [4.69, 9.17) is 11.0 Å². The molecule has 0 aromatic heterocycles. The summed E-state index contributed by atoms with van der Waals surface area (Å²) in [4.78, 5) is 21.1. The van der Waals surface area contributed by atoms with Crippen LogP contribution in [0.5, 0.6) is 0 Å². The molecule has 0 rings (SSSR count). The third-order valence-corrected chi connectivity index (χ3v) is 0.516. The van der Waals surface area contributed by atoms with Crippen LogP contribution in [-0.2, 0) is 14.5 Å². The van der Waals surface area contributed by atoms with Crippen LogP contribution in [0.3, 0.4) is 0 Å². The third-order valence-electron chi connectivity index (χ3n) is 0.516. The molecule has 0 fully saturated rings. The first kappa shape index (κ1) is 14.2. The standard InChI is InChI=1S/C2HF3O3.C2H6N2O/c3-2(4,5)1(6)8-7;3-1-2(4)5/h7H;1,3H2,(H2,4,5). The molecule has 0 saturated heterocycles. The molecule has 13 heavy (non-hydrogen) atoms. The van der Waals surface area contributed by atoms with Crippen LogP contribution in [0, 0.1) is 0 Å². The Morgan fingerprint density at radius 2 is 1.69 bits per heavy atom. The summed E-state index contributed by atoms with van der Waals surface area (Å²) in [6.07, 6.45) is -5.10. The fraction of sp³-hybridized carbons (Fsp3) is 0.500. The lowest BCUT2D eigenvalue weighted by molar-refractivity contribution is -0.272. The topological polar surface area (TPSA) is 116 Å². The first-order chi connectivity index (χ1) is 5.75. The fourth-order valence-electron chi connectivity index (χ4n) is 0.0518. The molecule has 0 aliphatic carbocycles. The minimum absolute atomic E-state index is 0.0556. The van der Waals surface area contributed by atoms with Gasteiger partial charge < -0.3 is 11.5 Å². The Hall–Kier alpha value is -1.35. The van der Waals surface area contributed by atoms with Crippen LogP contribution < -0.4 is 11.5 Å². The Bertz CT molecular complexity index is 181. The van der Waals surface area contributed by atoms with E-state index in [1.807, 2.05) is 0 Å². The molecule has 0 heterocycles. The molecule has 1 amide bonds. The van der Waals surface area contributed by atoms with Crippen molar-refractivity contribution in [2.75, 3.05) is 6.54 Å². The van der Waals surface area contributed by atoms with Gasteiger partial charge >= 0.3 is 12.1 Å². The Kier molecular flexibility index (Phi) is 6.76. The molecule has 0 aliphatic rings. The minimum Gasteiger partial charge on any atom is -0.369 e. The SMILES string of the molecule is NCC(N)=O.O=C(OO)C(F)(F)F. The van der Waals surface area contributed by atoms with Crippen molar-refractivity contribution in [3.8, 4) is 0 Å². The molecular formula is C4H7F3N2O4. The van der Waals surface area contributed by atoms with Gasteiger partial charge in [0.2, 0.25) is 5.91 Å². The van der Waals surface area contributed by atoms with E-state index in [9.17, 15) is 22.8 Å². The first-order valence-corrected chi connectivity index (χ1v) is 2.66. The molecule has 0 aromatic carbocycles. The van der Waals surface area contributed by atoms with Crippen LogP contribution in [-0.4, -0.2) is 29.9 Å². The van der Waals surface area contributed by atoms with E-state index in [2.05, 4.69) is 10.6 Å². The number of hydrogen-bond donors (Lipinski definition) is 3. The Morgan fingerprint density at radius 3 is 1.69 bits per heavy atom. The molecule has 78 valence electrons. The van der Waals surface area contributed by atoms with Gasteiger partial charge in [0.15, 0.2) is 0 Å². The highest BCUT2D eigenvalue weighted by molar-refractivity contribution is 5.75. The summed E-state index contributed by atoms with van der Waals surface area (Å²) in [5.41, 5.74) is 9.22. The summed E-state index contributed by atoms with van der Waals surface area (Å²) >= 11 is 0. The lowest BCUT2D eigenvalue weighted by Crippen LogP contribution is -2.23.